The van der Waals surface area contributed by atoms with Crippen LogP contribution in [0.4, 0.5) is 0 Å². The van der Waals surface area contributed by atoms with Crippen LogP contribution in [0.2, 0.25) is 0 Å². The minimum atomic E-state index is -0.199. The summed E-state index contributed by atoms with van der Waals surface area (Å²) in [5.41, 5.74) is 7.40. The number of carbonyl (C=O) groups is 1. The standard InChI is InChI=1S/C16H16N4O/c1-12(14-5-3-7-18-10-14)20-16(21)15-8-13(4-2-6-17)9-19-11-15/h3,5,7-12H,6,17H2,1H3,(H,20,21). The van der Waals surface area contributed by atoms with E-state index in [1.54, 1.807) is 24.7 Å². The van der Waals surface area contributed by atoms with E-state index in [9.17, 15) is 4.79 Å². The molecule has 2 rings (SSSR count). The molecule has 0 fully saturated rings. The molecule has 3 N–H and O–H groups in total. The van der Waals surface area contributed by atoms with Gasteiger partial charge in [0, 0.05) is 30.4 Å². The van der Waals surface area contributed by atoms with Gasteiger partial charge in [-0.2, -0.15) is 0 Å². The Morgan fingerprint density at radius 2 is 2.24 bits per heavy atom. The number of aromatic nitrogens is 2. The van der Waals surface area contributed by atoms with Crippen molar-refractivity contribution in [3.63, 3.8) is 0 Å². The summed E-state index contributed by atoms with van der Waals surface area (Å²) in [6.07, 6.45) is 6.54. The van der Waals surface area contributed by atoms with Crippen molar-refractivity contribution in [1.29, 1.82) is 0 Å². The Bertz CT molecular complexity index is 673. The number of amides is 1. The molecule has 0 saturated carbocycles. The van der Waals surface area contributed by atoms with E-state index in [0.29, 0.717) is 11.1 Å². The monoisotopic (exact) mass is 280 g/mol. The number of pyridine rings is 2. The van der Waals surface area contributed by atoms with Crippen molar-refractivity contribution < 1.29 is 4.79 Å². The molecule has 0 bridgehead atoms. The molecule has 5 heteroatoms. The van der Waals surface area contributed by atoms with Gasteiger partial charge < -0.3 is 11.1 Å². The molecule has 0 aliphatic rings. The van der Waals surface area contributed by atoms with Crippen molar-refractivity contribution >= 4 is 5.91 Å². The van der Waals surface area contributed by atoms with Crippen LogP contribution in [0, 0.1) is 11.8 Å². The van der Waals surface area contributed by atoms with Crippen LogP contribution in [0.5, 0.6) is 0 Å². The molecule has 2 heterocycles. The summed E-state index contributed by atoms with van der Waals surface area (Å²) in [5.74, 6) is 5.39. The molecule has 0 aromatic carbocycles. The van der Waals surface area contributed by atoms with E-state index >= 15 is 0 Å². The van der Waals surface area contributed by atoms with Gasteiger partial charge in [0.2, 0.25) is 0 Å². The summed E-state index contributed by atoms with van der Waals surface area (Å²) >= 11 is 0. The van der Waals surface area contributed by atoms with E-state index in [4.69, 9.17) is 5.73 Å². The first kappa shape index (κ1) is 14.7. The highest BCUT2D eigenvalue weighted by atomic mass is 16.1. The maximum absolute atomic E-state index is 12.2. The molecule has 0 spiro atoms. The molecule has 0 aliphatic carbocycles. The first-order chi connectivity index (χ1) is 10.2. The average molecular weight is 280 g/mol. The van der Waals surface area contributed by atoms with Crippen LogP contribution in [-0.2, 0) is 0 Å². The molecule has 5 nitrogen and oxygen atoms in total. The topological polar surface area (TPSA) is 80.9 Å². The normalized spacial score (nSPS) is 11.1. The summed E-state index contributed by atoms with van der Waals surface area (Å²) in [6, 6.07) is 5.31. The van der Waals surface area contributed by atoms with E-state index in [1.165, 1.54) is 6.20 Å². The van der Waals surface area contributed by atoms with Crippen molar-refractivity contribution in [2.45, 2.75) is 13.0 Å². The molecule has 2 aromatic rings. The quantitative estimate of drug-likeness (QED) is 0.830. The van der Waals surface area contributed by atoms with Gasteiger partial charge in [0.25, 0.3) is 5.91 Å². The van der Waals surface area contributed by atoms with Gasteiger partial charge in [0.05, 0.1) is 18.2 Å². The Morgan fingerprint density at radius 3 is 2.95 bits per heavy atom. The first-order valence-corrected chi connectivity index (χ1v) is 6.55. The lowest BCUT2D eigenvalue weighted by molar-refractivity contribution is 0.0939. The van der Waals surface area contributed by atoms with Crippen LogP contribution in [0.3, 0.4) is 0 Å². The molecule has 1 atom stereocenters. The van der Waals surface area contributed by atoms with E-state index in [1.807, 2.05) is 19.1 Å². The van der Waals surface area contributed by atoms with Crippen LogP contribution in [0.1, 0.15) is 34.5 Å². The molecule has 106 valence electrons. The number of nitrogens with zero attached hydrogens (tertiary/aromatic N) is 2. The van der Waals surface area contributed by atoms with E-state index in [0.717, 1.165) is 5.56 Å². The van der Waals surface area contributed by atoms with Crippen molar-refractivity contribution in [2.24, 2.45) is 5.73 Å². The van der Waals surface area contributed by atoms with Gasteiger partial charge in [-0.05, 0) is 24.6 Å². The molecule has 0 radical (unpaired) electrons. The van der Waals surface area contributed by atoms with E-state index in [-0.39, 0.29) is 18.5 Å². The largest absolute Gasteiger partial charge is 0.345 e. The van der Waals surface area contributed by atoms with Gasteiger partial charge >= 0.3 is 0 Å². The molecule has 0 aliphatic heterocycles. The lowest BCUT2D eigenvalue weighted by Gasteiger charge is -2.13. The third-order valence-electron chi connectivity index (χ3n) is 2.87. The van der Waals surface area contributed by atoms with E-state index < -0.39 is 0 Å². The number of rotatable bonds is 3. The fraction of sp³-hybridized carbons (Fsp3) is 0.188. The lowest BCUT2D eigenvalue weighted by Crippen LogP contribution is -2.26. The summed E-state index contributed by atoms with van der Waals surface area (Å²) in [4.78, 5) is 20.3. The molecule has 1 amide bonds. The SMILES string of the molecule is CC(NC(=O)c1cncc(C#CCN)c1)c1cccnc1. The van der Waals surface area contributed by atoms with Crippen LogP contribution in [0.15, 0.2) is 43.0 Å². The van der Waals surface area contributed by atoms with Crippen LogP contribution in [0.25, 0.3) is 0 Å². The van der Waals surface area contributed by atoms with Gasteiger partial charge in [-0.25, -0.2) is 0 Å². The fourth-order valence-electron chi connectivity index (χ4n) is 1.78. The molecule has 2 aromatic heterocycles. The zero-order valence-electron chi connectivity index (χ0n) is 11.7. The summed E-state index contributed by atoms with van der Waals surface area (Å²) < 4.78 is 0. The lowest BCUT2D eigenvalue weighted by atomic mass is 10.1. The number of hydrogen-bond acceptors (Lipinski definition) is 4. The maximum atomic E-state index is 12.2. The van der Waals surface area contributed by atoms with Gasteiger partial charge in [-0.1, -0.05) is 17.9 Å². The van der Waals surface area contributed by atoms with Gasteiger partial charge in [0.15, 0.2) is 0 Å². The Hall–Kier alpha value is -2.71. The highest BCUT2D eigenvalue weighted by molar-refractivity contribution is 5.94. The second kappa shape index (κ2) is 7.17. The molecule has 1 unspecified atom stereocenters. The van der Waals surface area contributed by atoms with Gasteiger partial charge in [-0.3, -0.25) is 14.8 Å². The molecule has 21 heavy (non-hydrogen) atoms. The summed E-state index contributed by atoms with van der Waals surface area (Å²) in [5, 5.41) is 2.90. The Kier molecular flexibility index (Phi) is 5.02. The fourth-order valence-corrected chi connectivity index (χ4v) is 1.78. The van der Waals surface area contributed by atoms with Gasteiger partial charge in [-0.15, -0.1) is 0 Å². The number of nitrogens with two attached hydrogens (primary N) is 1. The Morgan fingerprint density at radius 1 is 1.38 bits per heavy atom. The van der Waals surface area contributed by atoms with Crippen LogP contribution >= 0.6 is 0 Å². The highest BCUT2D eigenvalue weighted by Crippen LogP contribution is 2.11. The Balaban J connectivity index is 2.10. The number of carbonyl (C=O) groups excluding carboxylic acids is 1. The Labute approximate surface area is 123 Å². The summed E-state index contributed by atoms with van der Waals surface area (Å²) in [7, 11) is 0. The van der Waals surface area contributed by atoms with Crippen molar-refractivity contribution in [1.82, 2.24) is 15.3 Å². The minimum absolute atomic E-state index is 0.134. The first-order valence-electron chi connectivity index (χ1n) is 6.55. The maximum Gasteiger partial charge on any atom is 0.253 e. The number of hydrogen-bond donors (Lipinski definition) is 2. The second-order valence-corrected chi connectivity index (χ2v) is 4.45. The smallest absolute Gasteiger partial charge is 0.253 e. The second-order valence-electron chi connectivity index (χ2n) is 4.45. The predicted molar refractivity (Wildman–Crippen MR) is 80.3 cm³/mol. The number of nitrogens with one attached hydrogen (secondary N) is 1. The zero-order chi connectivity index (χ0) is 15.1. The zero-order valence-corrected chi connectivity index (χ0v) is 11.7. The van der Waals surface area contributed by atoms with Crippen LogP contribution in [-0.4, -0.2) is 22.4 Å². The average Bonchev–Trinajstić information content (AvgIpc) is 2.54. The van der Waals surface area contributed by atoms with Crippen molar-refractivity contribution in [3.05, 3.63) is 59.7 Å². The molecular formula is C16H16N4O. The predicted octanol–water partition coefficient (Wildman–Crippen LogP) is 1.28. The molecular weight excluding hydrogens is 264 g/mol. The molecule has 0 saturated heterocycles. The van der Waals surface area contributed by atoms with Crippen molar-refractivity contribution in [2.75, 3.05) is 6.54 Å². The third kappa shape index (κ3) is 4.13. The van der Waals surface area contributed by atoms with E-state index in [2.05, 4.69) is 27.1 Å². The third-order valence-corrected chi connectivity index (χ3v) is 2.87. The van der Waals surface area contributed by atoms with Crippen LogP contribution < -0.4 is 11.1 Å². The minimum Gasteiger partial charge on any atom is -0.345 e. The van der Waals surface area contributed by atoms with Crippen molar-refractivity contribution in [3.8, 4) is 11.8 Å². The summed E-state index contributed by atoms with van der Waals surface area (Å²) in [6.45, 7) is 2.18. The van der Waals surface area contributed by atoms with Gasteiger partial charge in [0.1, 0.15) is 0 Å². The highest BCUT2D eigenvalue weighted by Gasteiger charge is 2.12.